The third-order valence-electron chi connectivity index (χ3n) is 4.97. The number of hydrogen-bond acceptors (Lipinski definition) is 9. The Hall–Kier alpha value is -3.18. The van der Waals surface area contributed by atoms with E-state index >= 15 is 8.78 Å². The smallest absolute Gasteiger partial charge is 0.187 e. The van der Waals surface area contributed by atoms with E-state index < -0.39 is 11.6 Å². The predicted octanol–water partition coefficient (Wildman–Crippen LogP) is 3.45. The van der Waals surface area contributed by atoms with Crippen molar-refractivity contribution in [1.29, 1.82) is 0 Å². The van der Waals surface area contributed by atoms with Gasteiger partial charge in [-0.05, 0) is 17.9 Å². The molecular weight excluding hydrogens is 438 g/mol. The first-order chi connectivity index (χ1) is 15.4. The number of methoxy groups -OCH3 is 2. The van der Waals surface area contributed by atoms with E-state index in [1.165, 1.54) is 26.0 Å². The number of pyridine rings is 1. The summed E-state index contributed by atoms with van der Waals surface area (Å²) in [5.41, 5.74) is 4.54. The maximum atomic E-state index is 15.1. The molecule has 168 valence electrons. The number of nitrogens with zero attached hydrogens (tertiary/aromatic N) is 4. The van der Waals surface area contributed by atoms with Crippen LogP contribution in [0.2, 0.25) is 0 Å². The van der Waals surface area contributed by atoms with Crippen molar-refractivity contribution in [1.82, 2.24) is 25.4 Å². The minimum Gasteiger partial charge on any atom is -0.494 e. The minimum atomic E-state index is -0.866. The minimum absolute atomic E-state index is 0.0725. The van der Waals surface area contributed by atoms with Crippen LogP contribution in [-0.2, 0) is 0 Å². The molecule has 32 heavy (non-hydrogen) atoms. The van der Waals surface area contributed by atoms with Crippen LogP contribution in [0, 0.1) is 11.6 Å². The molecule has 3 aromatic rings. The summed E-state index contributed by atoms with van der Waals surface area (Å²) in [6.45, 7) is 1.16. The Morgan fingerprint density at radius 2 is 1.88 bits per heavy atom. The molecule has 0 saturated carbocycles. The van der Waals surface area contributed by atoms with Crippen LogP contribution in [0.25, 0.3) is 22.2 Å². The molecule has 0 amide bonds. The van der Waals surface area contributed by atoms with Gasteiger partial charge in [0.2, 0.25) is 0 Å². The van der Waals surface area contributed by atoms with Gasteiger partial charge in [-0.25, -0.2) is 29.2 Å². The van der Waals surface area contributed by atoms with Crippen molar-refractivity contribution in [3.63, 3.8) is 0 Å². The fourth-order valence-corrected chi connectivity index (χ4v) is 3.72. The number of anilines is 1. The molecule has 0 unspecified atom stereocenters. The van der Waals surface area contributed by atoms with Gasteiger partial charge in [0, 0.05) is 44.0 Å². The third-order valence-corrected chi connectivity index (χ3v) is 5.53. The Bertz CT molecular complexity index is 1180. The highest BCUT2D eigenvalue weighted by Crippen LogP contribution is 2.38. The highest BCUT2D eigenvalue weighted by atomic mass is 32.2. The molecule has 0 bridgehead atoms. The van der Waals surface area contributed by atoms with Gasteiger partial charge in [0.1, 0.15) is 5.52 Å². The van der Waals surface area contributed by atoms with Gasteiger partial charge in [-0.3, -0.25) is 0 Å². The SMILES string of the molecule is COc1cc(OC)c(F)c(-c2cc3cnc(SC)nc3c(NCC3=CN(C)NC3)n2)c1F. The second-order valence-electron chi connectivity index (χ2n) is 7.02. The number of rotatable bonds is 7. The maximum Gasteiger partial charge on any atom is 0.187 e. The zero-order valence-electron chi connectivity index (χ0n) is 18.0. The summed E-state index contributed by atoms with van der Waals surface area (Å²) in [7, 11) is 4.51. The highest BCUT2D eigenvalue weighted by molar-refractivity contribution is 7.98. The van der Waals surface area contributed by atoms with E-state index in [9.17, 15) is 0 Å². The molecule has 0 aliphatic carbocycles. The summed E-state index contributed by atoms with van der Waals surface area (Å²) in [5, 5.41) is 6.27. The first-order valence-electron chi connectivity index (χ1n) is 9.67. The Morgan fingerprint density at radius 3 is 2.47 bits per heavy atom. The van der Waals surface area contributed by atoms with Gasteiger partial charge in [-0.15, -0.1) is 0 Å². The fraction of sp³-hybridized carbons (Fsp3) is 0.286. The third kappa shape index (κ3) is 4.13. The van der Waals surface area contributed by atoms with Crippen molar-refractivity contribution < 1.29 is 18.3 Å². The Kier molecular flexibility index (Phi) is 6.28. The highest BCUT2D eigenvalue weighted by Gasteiger charge is 2.24. The molecule has 11 heteroatoms. The number of aromatic nitrogens is 3. The lowest BCUT2D eigenvalue weighted by Gasteiger charge is -2.15. The Balaban J connectivity index is 1.87. The normalized spacial score (nSPS) is 13.4. The summed E-state index contributed by atoms with van der Waals surface area (Å²) in [4.78, 5) is 13.4. The van der Waals surface area contributed by atoms with Gasteiger partial charge in [0.15, 0.2) is 34.1 Å². The van der Waals surface area contributed by atoms with Crippen molar-refractivity contribution in [2.75, 3.05) is 45.9 Å². The van der Waals surface area contributed by atoms with Crippen LogP contribution < -0.4 is 20.2 Å². The summed E-state index contributed by atoms with van der Waals surface area (Å²) in [6.07, 6.45) is 5.45. The summed E-state index contributed by atoms with van der Waals surface area (Å²) >= 11 is 1.39. The van der Waals surface area contributed by atoms with E-state index in [0.29, 0.717) is 35.0 Å². The quantitative estimate of drug-likeness (QED) is 0.407. The number of halogens is 2. The molecule has 2 aromatic heterocycles. The number of hydrazine groups is 1. The number of fused-ring (bicyclic) bond motifs is 1. The lowest BCUT2D eigenvalue weighted by molar-refractivity contribution is 0.359. The predicted molar refractivity (Wildman–Crippen MR) is 120 cm³/mol. The molecule has 1 aliphatic rings. The second-order valence-corrected chi connectivity index (χ2v) is 7.79. The van der Waals surface area contributed by atoms with Crippen molar-refractivity contribution in [2.45, 2.75) is 5.16 Å². The largest absolute Gasteiger partial charge is 0.494 e. The van der Waals surface area contributed by atoms with Crippen LogP contribution in [0.15, 0.2) is 35.3 Å². The van der Waals surface area contributed by atoms with Crippen LogP contribution in [0.1, 0.15) is 0 Å². The molecule has 0 saturated heterocycles. The Morgan fingerprint density at radius 1 is 1.16 bits per heavy atom. The molecule has 1 aromatic carbocycles. The first kappa shape index (κ1) is 22.0. The van der Waals surface area contributed by atoms with Crippen LogP contribution >= 0.6 is 11.8 Å². The van der Waals surface area contributed by atoms with Gasteiger partial charge in [-0.2, -0.15) is 0 Å². The number of ether oxygens (including phenoxy) is 2. The molecule has 4 rings (SSSR count). The monoisotopic (exact) mass is 460 g/mol. The summed E-state index contributed by atoms with van der Waals surface area (Å²) < 4.78 is 40.4. The van der Waals surface area contributed by atoms with Crippen molar-refractivity contribution in [3.05, 3.63) is 41.7 Å². The number of benzene rings is 1. The average molecular weight is 461 g/mol. The molecule has 0 radical (unpaired) electrons. The number of nitrogens with one attached hydrogen (secondary N) is 2. The van der Waals surface area contributed by atoms with E-state index in [-0.39, 0.29) is 22.8 Å². The van der Waals surface area contributed by atoms with Gasteiger partial charge < -0.3 is 19.8 Å². The van der Waals surface area contributed by atoms with Crippen molar-refractivity contribution >= 4 is 28.5 Å². The topological polar surface area (TPSA) is 84.4 Å². The summed E-state index contributed by atoms with van der Waals surface area (Å²) in [5.74, 6) is -1.63. The van der Waals surface area contributed by atoms with Gasteiger partial charge >= 0.3 is 0 Å². The number of thioether (sulfide) groups is 1. The molecule has 3 heterocycles. The molecule has 0 fully saturated rings. The zero-order valence-corrected chi connectivity index (χ0v) is 18.8. The molecular formula is C21H22F2N6O2S. The second kappa shape index (κ2) is 9.13. The van der Waals surface area contributed by atoms with Crippen LogP contribution in [0.5, 0.6) is 11.5 Å². The van der Waals surface area contributed by atoms with E-state index in [0.717, 1.165) is 11.6 Å². The van der Waals surface area contributed by atoms with Crippen LogP contribution in [0.4, 0.5) is 14.6 Å². The van der Waals surface area contributed by atoms with Gasteiger partial charge in [0.25, 0.3) is 0 Å². The molecule has 8 nitrogen and oxygen atoms in total. The van der Waals surface area contributed by atoms with Crippen molar-refractivity contribution in [2.24, 2.45) is 0 Å². The summed E-state index contributed by atoms with van der Waals surface area (Å²) in [6, 6.07) is 2.72. The fourth-order valence-electron chi connectivity index (χ4n) is 3.38. The van der Waals surface area contributed by atoms with E-state index in [1.807, 2.05) is 24.5 Å². The molecule has 0 spiro atoms. The molecule has 1 aliphatic heterocycles. The van der Waals surface area contributed by atoms with E-state index in [4.69, 9.17) is 9.47 Å². The molecule has 2 N–H and O–H groups in total. The van der Waals surface area contributed by atoms with E-state index in [2.05, 4.69) is 25.7 Å². The van der Waals surface area contributed by atoms with Gasteiger partial charge in [-0.1, -0.05) is 11.8 Å². The van der Waals surface area contributed by atoms with Crippen molar-refractivity contribution in [3.8, 4) is 22.8 Å². The van der Waals surface area contributed by atoms with Crippen LogP contribution in [0.3, 0.4) is 0 Å². The lowest BCUT2D eigenvalue weighted by atomic mass is 10.1. The maximum absolute atomic E-state index is 15.1. The first-order valence-corrected chi connectivity index (χ1v) is 10.9. The van der Waals surface area contributed by atoms with Gasteiger partial charge in [0.05, 0.1) is 25.5 Å². The lowest BCUT2D eigenvalue weighted by Crippen LogP contribution is -2.24. The van der Waals surface area contributed by atoms with E-state index in [1.54, 1.807) is 12.3 Å². The molecule has 0 atom stereocenters. The number of hydrogen-bond donors (Lipinski definition) is 2. The Labute approximate surface area is 188 Å². The standard InChI is InChI=1S/C21H22F2N6O2S/c1-29-10-11(8-26-29)7-24-20-19-12(9-25-21(28-19)32-4)5-13(27-20)16-17(22)14(30-2)6-15(31-3)18(16)23/h5-6,9-10,26H,7-8H2,1-4H3,(H,24,27). The zero-order chi connectivity index (χ0) is 22.8. The average Bonchev–Trinajstić information content (AvgIpc) is 3.22. The van der Waals surface area contributed by atoms with Crippen LogP contribution in [-0.4, -0.2) is 60.6 Å².